The number of rotatable bonds is 6. The van der Waals surface area contributed by atoms with Crippen LogP contribution in [0.1, 0.15) is 32.7 Å². The number of hydrogen-bond acceptors (Lipinski definition) is 6. The standard InChI is InChI=1S/C29H33N5O2S/c1-20(2)32-16-18-33(19-17-32)23-8-4-21(5-9-23)26-14-15-27-29(30-26)34(24-10-11-24)28(31-27)22-6-12-25(13-7-22)37(3,35)36/h4-9,12-15,20,24H,10-11,16-19H2,1-3H3. The van der Waals surface area contributed by atoms with Crippen molar-refractivity contribution in [3.8, 4) is 22.6 Å². The Morgan fingerprint density at radius 3 is 2.05 bits per heavy atom. The highest BCUT2D eigenvalue weighted by atomic mass is 32.2. The minimum Gasteiger partial charge on any atom is -0.369 e. The summed E-state index contributed by atoms with van der Waals surface area (Å²) in [4.78, 5) is 15.3. The van der Waals surface area contributed by atoms with Crippen LogP contribution in [0.5, 0.6) is 0 Å². The molecule has 0 unspecified atom stereocenters. The Balaban J connectivity index is 1.30. The fraction of sp³-hybridized carbons (Fsp3) is 0.379. The lowest BCUT2D eigenvalue weighted by Gasteiger charge is -2.38. The Bertz CT molecular complexity index is 1530. The number of fused-ring (bicyclic) bond motifs is 1. The first-order chi connectivity index (χ1) is 17.8. The number of nitrogens with zero attached hydrogens (tertiary/aromatic N) is 5. The van der Waals surface area contributed by atoms with Crippen molar-refractivity contribution in [3.05, 3.63) is 60.7 Å². The largest absolute Gasteiger partial charge is 0.369 e. The van der Waals surface area contributed by atoms with E-state index in [0.29, 0.717) is 17.0 Å². The van der Waals surface area contributed by atoms with E-state index in [4.69, 9.17) is 9.97 Å². The molecule has 37 heavy (non-hydrogen) atoms. The fourth-order valence-electron chi connectivity index (χ4n) is 5.21. The van der Waals surface area contributed by atoms with E-state index in [1.54, 1.807) is 12.1 Å². The molecule has 1 saturated carbocycles. The maximum Gasteiger partial charge on any atom is 0.175 e. The van der Waals surface area contributed by atoms with Gasteiger partial charge < -0.3 is 9.47 Å². The molecule has 3 heterocycles. The molecule has 7 nitrogen and oxygen atoms in total. The molecular formula is C29H33N5O2S. The predicted octanol–water partition coefficient (Wildman–Crippen LogP) is 5.03. The number of piperazine rings is 1. The van der Waals surface area contributed by atoms with Crippen LogP contribution in [0.2, 0.25) is 0 Å². The van der Waals surface area contributed by atoms with Crippen LogP contribution in [-0.2, 0) is 9.84 Å². The number of imidazole rings is 1. The lowest BCUT2D eigenvalue weighted by atomic mass is 10.1. The zero-order chi connectivity index (χ0) is 25.7. The summed E-state index contributed by atoms with van der Waals surface area (Å²) in [5.41, 5.74) is 5.93. The van der Waals surface area contributed by atoms with Gasteiger partial charge in [-0.05, 0) is 75.2 Å². The van der Waals surface area contributed by atoms with Gasteiger partial charge in [-0.2, -0.15) is 0 Å². The Hall–Kier alpha value is -3.23. The highest BCUT2D eigenvalue weighted by Crippen LogP contribution is 2.41. The van der Waals surface area contributed by atoms with Crippen LogP contribution in [0.15, 0.2) is 65.6 Å². The van der Waals surface area contributed by atoms with Crippen molar-refractivity contribution >= 4 is 26.7 Å². The molecule has 0 spiro atoms. The Morgan fingerprint density at radius 1 is 0.811 bits per heavy atom. The van der Waals surface area contributed by atoms with Gasteiger partial charge in [0.05, 0.1) is 10.6 Å². The summed E-state index contributed by atoms with van der Waals surface area (Å²) >= 11 is 0. The molecule has 0 amide bonds. The second-order valence-electron chi connectivity index (χ2n) is 10.5. The van der Waals surface area contributed by atoms with E-state index in [9.17, 15) is 8.42 Å². The number of pyridine rings is 1. The number of benzene rings is 2. The van der Waals surface area contributed by atoms with Crippen molar-refractivity contribution in [3.63, 3.8) is 0 Å². The summed E-state index contributed by atoms with van der Waals surface area (Å²) in [6.07, 6.45) is 3.43. The molecule has 0 atom stereocenters. The van der Waals surface area contributed by atoms with Crippen molar-refractivity contribution in [2.75, 3.05) is 37.3 Å². The van der Waals surface area contributed by atoms with E-state index in [1.165, 1.54) is 11.9 Å². The normalized spacial score (nSPS) is 17.1. The summed E-state index contributed by atoms with van der Waals surface area (Å²) in [5, 5.41) is 0. The third-order valence-corrected chi connectivity index (χ3v) is 8.69. The first kappa shape index (κ1) is 24.1. The average Bonchev–Trinajstić information content (AvgIpc) is 3.67. The van der Waals surface area contributed by atoms with Gasteiger partial charge in [-0.25, -0.2) is 18.4 Å². The molecule has 4 aromatic rings. The molecule has 2 aromatic heterocycles. The minimum absolute atomic E-state index is 0.316. The van der Waals surface area contributed by atoms with Gasteiger partial charge >= 0.3 is 0 Å². The molecule has 192 valence electrons. The van der Waals surface area contributed by atoms with Gasteiger partial charge in [0.1, 0.15) is 11.3 Å². The second-order valence-corrected chi connectivity index (χ2v) is 12.6. The molecule has 0 radical (unpaired) electrons. The van der Waals surface area contributed by atoms with Crippen LogP contribution in [0.3, 0.4) is 0 Å². The number of sulfone groups is 1. The highest BCUT2D eigenvalue weighted by Gasteiger charge is 2.30. The lowest BCUT2D eigenvalue weighted by molar-refractivity contribution is 0.209. The van der Waals surface area contributed by atoms with Gasteiger partial charge in [0.25, 0.3) is 0 Å². The molecule has 6 rings (SSSR count). The third kappa shape index (κ3) is 4.76. The zero-order valence-corrected chi connectivity index (χ0v) is 22.4. The summed E-state index contributed by atoms with van der Waals surface area (Å²) in [6, 6.07) is 20.8. The lowest BCUT2D eigenvalue weighted by Crippen LogP contribution is -2.48. The van der Waals surface area contributed by atoms with Crippen LogP contribution >= 0.6 is 0 Å². The number of aromatic nitrogens is 3. The van der Waals surface area contributed by atoms with E-state index in [2.05, 4.69) is 52.5 Å². The second kappa shape index (κ2) is 9.26. The molecule has 2 aromatic carbocycles. The molecule has 1 aliphatic heterocycles. The van der Waals surface area contributed by atoms with Crippen molar-refractivity contribution in [2.24, 2.45) is 0 Å². The SMILES string of the molecule is CC(C)N1CCN(c2ccc(-c3ccc4nc(-c5ccc(S(C)(=O)=O)cc5)n(C5CC5)c4n3)cc2)CC1. The van der Waals surface area contributed by atoms with Crippen LogP contribution in [0.4, 0.5) is 5.69 Å². The van der Waals surface area contributed by atoms with Gasteiger partial charge in [0.15, 0.2) is 15.5 Å². The summed E-state index contributed by atoms with van der Waals surface area (Å²) < 4.78 is 26.0. The zero-order valence-electron chi connectivity index (χ0n) is 21.6. The molecular weight excluding hydrogens is 482 g/mol. The Labute approximate surface area is 218 Å². The van der Waals surface area contributed by atoms with E-state index < -0.39 is 9.84 Å². The summed E-state index contributed by atoms with van der Waals surface area (Å²) in [7, 11) is -3.24. The average molecular weight is 516 g/mol. The smallest absolute Gasteiger partial charge is 0.175 e. The van der Waals surface area contributed by atoms with E-state index in [0.717, 1.165) is 72.8 Å². The molecule has 2 fully saturated rings. The first-order valence-corrected chi connectivity index (χ1v) is 15.0. The van der Waals surface area contributed by atoms with E-state index >= 15 is 0 Å². The van der Waals surface area contributed by atoms with Gasteiger partial charge in [-0.1, -0.05) is 12.1 Å². The topological polar surface area (TPSA) is 71.3 Å². The van der Waals surface area contributed by atoms with Crippen LogP contribution in [0.25, 0.3) is 33.8 Å². The van der Waals surface area contributed by atoms with Gasteiger partial charge in [0, 0.05) is 61.3 Å². The van der Waals surface area contributed by atoms with Crippen LogP contribution in [-0.4, -0.2) is 66.3 Å². The van der Waals surface area contributed by atoms with Crippen molar-refractivity contribution in [1.29, 1.82) is 0 Å². The van der Waals surface area contributed by atoms with Gasteiger partial charge in [-0.15, -0.1) is 0 Å². The molecule has 0 N–H and O–H groups in total. The summed E-state index contributed by atoms with van der Waals surface area (Å²) in [5.74, 6) is 0.845. The minimum atomic E-state index is -3.24. The van der Waals surface area contributed by atoms with E-state index in [-0.39, 0.29) is 0 Å². The van der Waals surface area contributed by atoms with Crippen molar-refractivity contribution < 1.29 is 8.42 Å². The molecule has 1 saturated heterocycles. The molecule has 0 bridgehead atoms. The third-order valence-electron chi connectivity index (χ3n) is 7.56. The maximum absolute atomic E-state index is 11.9. The first-order valence-electron chi connectivity index (χ1n) is 13.1. The summed E-state index contributed by atoms with van der Waals surface area (Å²) in [6.45, 7) is 8.83. The Morgan fingerprint density at radius 2 is 1.46 bits per heavy atom. The van der Waals surface area contributed by atoms with E-state index in [1.807, 2.05) is 24.3 Å². The molecule has 8 heteroatoms. The highest BCUT2D eigenvalue weighted by molar-refractivity contribution is 7.90. The predicted molar refractivity (Wildman–Crippen MR) is 149 cm³/mol. The van der Waals surface area contributed by atoms with Crippen molar-refractivity contribution in [2.45, 2.75) is 43.7 Å². The Kier molecular flexibility index (Phi) is 6.04. The van der Waals surface area contributed by atoms with Gasteiger partial charge in [-0.3, -0.25) is 4.90 Å². The van der Waals surface area contributed by atoms with Crippen LogP contribution < -0.4 is 4.90 Å². The van der Waals surface area contributed by atoms with Crippen LogP contribution in [0, 0.1) is 0 Å². The quantitative estimate of drug-likeness (QED) is 0.359. The van der Waals surface area contributed by atoms with Crippen molar-refractivity contribution in [1.82, 2.24) is 19.4 Å². The number of anilines is 1. The molecule has 1 aliphatic carbocycles. The number of hydrogen-bond donors (Lipinski definition) is 0. The van der Waals surface area contributed by atoms with Gasteiger partial charge in [0.2, 0.25) is 0 Å². The molecule has 2 aliphatic rings. The fourth-order valence-corrected chi connectivity index (χ4v) is 5.84. The monoisotopic (exact) mass is 515 g/mol. The maximum atomic E-state index is 11.9.